The minimum atomic E-state index is -0.305. The molecule has 0 atom stereocenters. The summed E-state index contributed by atoms with van der Waals surface area (Å²) in [5.41, 5.74) is 2.67. The van der Waals surface area contributed by atoms with E-state index in [0.29, 0.717) is 16.3 Å². The molecule has 2 aromatic carbocycles. The van der Waals surface area contributed by atoms with Crippen LogP contribution in [-0.2, 0) is 0 Å². The molecule has 1 amide bonds. The summed E-state index contributed by atoms with van der Waals surface area (Å²) in [5.74, 6) is -0.257. The molecule has 0 aliphatic rings. The number of carbonyl (C=O) groups is 1. The average molecular weight is 276 g/mol. The monoisotopic (exact) mass is 275 g/mol. The maximum Gasteiger partial charge on any atom is 0.255 e. The van der Waals surface area contributed by atoms with Crippen LogP contribution >= 0.6 is 11.6 Å². The van der Waals surface area contributed by atoms with E-state index in [1.165, 1.54) is 0 Å². The topological polar surface area (TPSA) is 49.3 Å². The van der Waals surface area contributed by atoms with Gasteiger partial charge in [-0.1, -0.05) is 23.7 Å². The number of phenolic OH excluding ortho intramolecular Hbond substituents is 1. The van der Waals surface area contributed by atoms with Crippen molar-refractivity contribution in [3.05, 3.63) is 58.1 Å². The van der Waals surface area contributed by atoms with Crippen molar-refractivity contribution in [3.8, 4) is 5.75 Å². The molecule has 2 rings (SSSR count). The fraction of sp³-hybridized carbons (Fsp3) is 0.133. The van der Waals surface area contributed by atoms with Crippen LogP contribution in [0, 0.1) is 13.8 Å². The Bertz CT molecular complexity index is 638. The average Bonchev–Trinajstić information content (AvgIpc) is 2.36. The van der Waals surface area contributed by atoms with Crippen molar-refractivity contribution >= 4 is 23.2 Å². The highest BCUT2D eigenvalue weighted by Crippen LogP contribution is 2.25. The number of aromatic hydroxyl groups is 1. The Kier molecular flexibility index (Phi) is 3.76. The summed E-state index contributed by atoms with van der Waals surface area (Å²) in [5, 5.41) is 12.9. The van der Waals surface area contributed by atoms with Crippen LogP contribution < -0.4 is 5.32 Å². The Morgan fingerprint density at radius 2 is 1.89 bits per heavy atom. The van der Waals surface area contributed by atoms with E-state index in [2.05, 4.69) is 5.32 Å². The zero-order chi connectivity index (χ0) is 14.0. The summed E-state index contributed by atoms with van der Waals surface area (Å²) < 4.78 is 0. The number of benzene rings is 2. The lowest BCUT2D eigenvalue weighted by Crippen LogP contribution is -2.12. The number of nitrogens with one attached hydrogen (secondary N) is 1. The Balaban J connectivity index is 2.23. The molecule has 0 heterocycles. The summed E-state index contributed by atoms with van der Waals surface area (Å²) in [6.45, 7) is 3.74. The van der Waals surface area contributed by atoms with Crippen LogP contribution in [0.25, 0.3) is 0 Å². The first-order valence-electron chi connectivity index (χ1n) is 5.84. The largest absolute Gasteiger partial charge is 0.506 e. The molecule has 0 unspecified atom stereocenters. The van der Waals surface area contributed by atoms with E-state index in [4.69, 9.17) is 11.6 Å². The maximum absolute atomic E-state index is 12.0. The first kappa shape index (κ1) is 13.4. The molecular weight excluding hydrogens is 262 g/mol. The highest BCUT2D eigenvalue weighted by Gasteiger charge is 2.10. The van der Waals surface area contributed by atoms with Crippen molar-refractivity contribution < 1.29 is 9.90 Å². The Morgan fingerprint density at radius 1 is 1.16 bits per heavy atom. The first-order chi connectivity index (χ1) is 8.97. The zero-order valence-electron chi connectivity index (χ0n) is 10.7. The third-order valence-electron chi connectivity index (χ3n) is 2.84. The number of carbonyl (C=O) groups excluding carboxylic acids is 1. The molecule has 0 bridgehead atoms. The van der Waals surface area contributed by atoms with E-state index in [1.807, 2.05) is 19.9 Å². The molecule has 19 heavy (non-hydrogen) atoms. The molecule has 0 aliphatic heterocycles. The van der Waals surface area contributed by atoms with Crippen LogP contribution in [0.1, 0.15) is 21.5 Å². The van der Waals surface area contributed by atoms with Gasteiger partial charge in [0.1, 0.15) is 5.75 Å². The number of phenols is 1. The van der Waals surface area contributed by atoms with Gasteiger partial charge in [-0.15, -0.1) is 0 Å². The molecule has 0 saturated carbocycles. The van der Waals surface area contributed by atoms with Crippen molar-refractivity contribution in [1.82, 2.24) is 0 Å². The van der Waals surface area contributed by atoms with Crippen molar-refractivity contribution in [3.63, 3.8) is 0 Å². The number of aryl methyl sites for hydroxylation is 2. The first-order valence-corrected chi connectivity index (χ1v) is 6.22. The third-order valence-corrected chi connectivity index (χ3v) is 3.24. The second kappa shape index (κ2) is 5.33. The second-order valence-electron chi connectivity index (χ2n) is 4.44. The molecule has 3 nitrogen and oxygen atoms in total. The normalized spacial score (nSPS) is 10.3. The molecule has 2 aromatic rings. The van der Waals surface area contributed by atoms with E-state index < -0.39 is 0 Å². The summed E-state index contributed by atoms with van der Waals surface area (Å²) >= 11 is 5.98. The second-order valence-corrected chi connectivity index (χ2v) is 4.85. The summed E-state index contributed by atoms with van der Waals surface area (Å²) in [6, 6.07) is 10.2. The summed E-state index contributed by atoms with van der Waals surface area (Å²) in [4.78, 5) is 12.0. The molecule has 4 heteroatoms. The van der Waals surface area contributed by atoms with Gasteiger partial charge in [-0.3, -0.25) is 4.79 Å². The summed E-state index contributed by atoms with van der Waals surface area (Å²) in [7, 11) is 0. The molecule has 0 spiro atoms. The van der Waals surface area contributed by atoms with Gasteiger partial charge >= 0.3 is 0 Å². The Hall–Kier alpha value is -2.00. The lowest BCUT2D eigenvalue weighted by molar-refractivity contribution is 0.102. The Morgan fingerprint density at radius 3 is 2.53 bits per heavy atom. The van der Waals surface area contributed by atoms with Gasteiger partial charge in [-0.25, -0.2) is 0 Å². The highest BCUT2D eigenvalue weighted by atomic mass is 35.5. The highest BCUT2D eigenvalue weighted by molar-refractivity contribution is 6.31. The van der Waals surface area contributed by atoms with Crippen LogP contribution in [0.2, 0.25) is 5.02 Å². The zero-order valence-corrected chi connectivity index (χ0v) is 11.5. The van der Waals surface area contributed by atoms with Gasteiger partial charge in [0.15, 0.2) is 0 Å². The standard InChI is InChI=1S/C15H14ClNO2/c1-9-3-6-13(14(18)7-9)17-15(19)11-5-4-10(2)12(16)8-11/h3-8,18H,1-2H3,(H,17,19). The van der Waals surface area contributed by atoms with Gasteiger partial charge in [0.05, 0.1) is 5.69 Å². The number of halogens is 1. The third kappa shape index (κ3) is 3.06. The Labute approximate surface area is 116 Å². The fourth-order valence-corrected chi connectivity index (χ4v) is 1.86. The number of amides is 1. The van der Waals surface area contributed by atoms with E-state index >= 15 is 0 Å². The maximum atomic E-state index is 12.0. The SMILES string of the molecule is Cc1ccc(NC(=O)c2ccc(C)c(Cl)c2)c(O)c1. The van der Waals surface area contributed by atoms with Gasteiger partial charge < -0.3 is 10.4 Å². The fourth-order valence-electron chi connectivity index (χ4n) is 1.68. The van der Waals surface area contributed by atoms with E-state index in [-0.39, 0.29) is 11.7 Å². The lowest BCUT2D eigenvalue weighted by atomic mass is 10.1. The molecule has 98 valence electrons. The predicted molar refractivity (Wildman–Crippen MR) is 77.0 cm³/mol. The quantitative estimate of drug-likeness (QED) is 0.816. The van der Waals surface area contributed by atoms with Crippen LogP contribution in [0.5, 0.6) is 5.75 Å². The predicted octanol–water partition coefficient (Wildman–Crippen LogP) is 3.91. The van der Waals surface area contributed by atoms with Crippen molar-refractivity contribution in [2.24, 2.45) is 0 Å². The van der Waals surface area contributed by atoms with Crippen molar-refractivity contribution in [2.45, 2.75) is 13.8 Å². The van der Waals surface area contributed by atoms with Crippen LogP contribution in [0.15, 0.2) is 36.4 Å². The number of hydrogen-bond donors (Lipinski definition) is 2. The van der Waals surface area contributed by atoms with Crippen molar-refractivity contribution in [2.75, 3.05) is 5.32 Å². The molecule has 0 aromatic heterocycles. The lowest BCUT2D eigenvalue weighted by Gasteiger charge is -2.08. The minimum absolute atomic E-state index is 0.0477. The van der Waals surface area contributed by atoms with E-state index in [0.717, 1.165) is 11.1 Å². The van der Waals surface area contributed by atoms with Crippen molar-refractivity contribution in [1.29, 1.82) is 0 Å². The van der Waals surface area contributed by atoms with Gasteiger partial charge in [0, 0.05) is 10.6 Å². The molecule has 0 saturated heterocycles. The van der Waals surface area contributed by atoms with Crippen LogP contribution in [0.4, 0.5) is 5.69 Å². The molecular formula is C15H14ClNO2. The van der Waals surface area contributed by atoms with E-state index in [1.54, 1.807) is 30.3 Å². The van der Waals surface area contributed by atoms with Crippen LogP contribution in [0.3, 0.4) is 0 Å². The number of anilines is 1. The van der Waals surface area contributed by atoms with Gasteiger partial charge in [-0.2, -0.15) is 0 Å². The van der Waals surface area contributed by atoms with E-state index in [9.17, 15) is 9.90 Å². The number of rotatable bonds is 2. The smallest absolute Gasteiger partial charge is 0.255 e. The number of hydrogen-bond acceptors (Lipinski definition) is 2. The molecule has 0 fully saturated rings. The molecule has 0 radical (unpaired) electrons. The molecule has 0 aliphatic carbocycles. The van der Waals surface area contributed by atoms with Gasteiger partial charge in [0.2, 0.25) is 0 Å². The summed E-state index contributed by atoms with van der Waals surface area (Å²) in [6.07, 6.45) is 0. The van der Waals surface area contributed by atoms with Gasteiger partial charge in [-0.05, 0) is 49.2 Å². The van der Waals surface area contributed by atoms with Crippen LogP contribution in [-0.4, -0.2) is 11.0 Å². The molecule has 2 N–H and O–H groups in total. The minimum Gasteiger partial charge on any atom is -0.506 e. The van der Waals surface area contributed by atoms with Gasteiger partial charge in [0.25, 0.3) is 5.91 Å².